The molecule has 0 aromatic heterocycles. The van der Waals surface area contributed by atoms with Gasteiger partial charge in [0.05, 0.1) is 6.54 Å². The van der Waals surface area contributed by atoms with Crippen LogP contribution in [0.2, 0.25) is 0 Å². The zero-order valence-electron chi connectivity index (χ0n) is 14.8. The van der Waals surface area contributed by atoms with E-state index in [1.165, 1.54) is 12.8 Å². The molecule has 0 bridgehead atoms. The van der Waals surface area contributed by atoms with Crippen molar-refractivity contribution >= 4 is 11.6 Å². The number of hydrogen-bond donors (Lipinski definition) is 1. The van der Waals surface area contributed by atoms with Crippen molar-refractivity contribution in [3.63, 3.8) is 0 Å². The molecule has 0 atom stereocenters. The second kappa shape index (κ2) is 7.79. The summed E-state index contributed by atoms with van der Waals surface area (Å²) in [4.78, 5) is 14.9. The minimum absolute atomic E-state index is 0.0313. The lowest BCUT2D eigenvalue weighted by Gasteiger charge is -2.28. The molecule has 0 spiro atoms. The summed E-state index contributed by atoms with van der Waals surface area (Å²) in [6, 6.07) is 16.1. The van der Waals surface area contributed by atoms with Gasteiger partial charge in [0, 0.05) is 18.3 Å². The van der Waals surface area contributed by atoms with Gasteiger partial charge >= 0.3 is 0 Å². The number of anilines is 1. The maximum atomic E-state index is 12.6. The molecule has 2 aromatic carbocycles. The highest BCUT2D eigenvalue weighted by molar-refractivity contribution is 5.92. The van der Waals surface area contributed by atoms with Crippen LogP contribution < -0.4 is 14.8 Å². The third-order valence-electron chi connectivity index (χ3n) is 5.07. The third-order valence-corrected chi connectivity index (χ3v) is 5.07. The Hall–Kier alpha value is -2.53. The van der Waals surface area contributed by atoms with E-state index < -0.39 is 0 Å². The number of benzene rings is 2. The third kappa shape index (κ3) is 3.99. The van der Waals surface area contributed by atoms with Crippen LogP contribution in [0.4, 0.5) is 5.69 Å². The molecular formula is C21H24N2O3. The number of fused-ring (bicyclic) bond motifs is 1. The Morgan fingerprint density at radius 1 is 1.04 bits per heavy atom. The van der Waals surface area contributed by atoms with Crippen LogP contribution in [0.15, 0.2) is 48.5 Å². The molecule has 5 nitrogen and oxygen atoms in total. The predicted octanol–water partition coefficient (Wildman–Crippen LogP) is 3.80. The number of carbonyl (C=O) groups excluding carboxylic acids is 1. The Labute approximate surface area is 153 Å². The second-order valence-corrected chi connectivity index (χ2v) is 6.95. The standard InChI is InChI=1S/C21H24N2O3/c24-21(22-17-6-2-1-3-7-17)14-23(18-8-4-5-9-18)13-16-10-11-19-20(12-16)26-15-25-19/h1-3,6-7,10-12,18H,4-5,8-9,13-15H2,(H,22,24). The number of nitrogens with one attached hydrogen (secondary N) is 1. The van der Waals surface area contributed by atoms with E-state index in [4.69, 9.17) is 9.47 Å². The van der Waals surface area contributed by atoms with E-state index in [0.717, 1.165) is 42.1 Å². The molecule has 1 fully saturated rings. The molecule has 1 aliphatic carbocycles. The van der Waals surface area contributed by atoms with Gasteiger partial charge in [-0.1, -0.05) is 37.1 Å². The first-order valence-electron chi connectivity index (χ1n) is 9.25. The highest BCUT2D eigenvalue weighted by atomic mass is 16.7. The van der Waals surface area contributed by atoms with Crippen molar-refractivity contribution in [3.05, 3.63) is 54.1 Å². The number of nitrogens with zero attached hydrogens (tertiary/aromatic N) is 1. The second-order valence-electron chi connectivity index (χ2n) is 6.95. The van der Waals surface area contributed by atoms with Crippen molar-refractivity contribution in [1.82, 2.24) is 4.90 Å². The zero-order chi connectivity index (χ0) is 17.8. The van der Waals surface area contributed by atoms with Crippen LogP contribution in [-0.2, 0) is 11.3 Å². The van der Waals surface area contributed by atoms with E-state index in [2.05, 4.69) is 16.3 Å². The van der Waals surface area contributed by atoms with Gasteiger partial charge in [-0.2, -0.15) is 0 Å². The number of para-hydroxylation sites is 1. The average Bonchev–Trinajstić information content (AvgIpc) is 3.33. The topological polar surface area (TPSA) is 50.8 Å². The number of amides is 1. The van der Waals surface area contributed by atoms with E-state index in [0.29, 0.717) is 12.6 Å². The summed E-state index contributed by atoms with van der Waals surface area (Å²) in [5, 5.41) is 3.00. The SMILES string of the molecule is O=C(CN(Cc1ccc2c(c1)OCO2)C1CCCC1)Nc1ccccc1. The van der Waals surface area contributed by atoms with Crippen molar-refractivity contribution in [1.29, 1.82) is 0 Å². The number of ether oxygens (including phenoxy) is 2. The average molecular weight is 352 g/mol. The Bertz CT molecular complexity index is 757. The zero-order valence-corrected chi connectivity index (χ0v) is 14.8. The first-order valence-corrected chi connectivity index (χ1v) is 9.25. The van der Waals surface area contributed by atoms with Gasteiger partial charge in [-0.15, -0.1) is 0 Å². The molecule has 1 saturated carbocycles. The van der Waals surface area contributed by atoms with Gasteiger partial charge < -0.3 is 14.8 Å². The van der Waals surface area contributed by atoms with E-state index in [9.17, 15) is 4.79 Å². The van der Waals surface area contributed by atoms with E-state index in [-0.39, 0.29) is 12.7 Å². The normalized spacial score (nSPS) is 16.2. The van der Waals surface area contributed by atoms with Crippen LogP contribution in [0.5, 0.6) is 11.5 Å². The first kappa shape index (κ1) is 16.9. The monoisotopic (exact) mass is 352 g/mol. The molecule has 1 N–H and O–H groups in total. The van der Waals surface area contributed by atoms with Crippen LogP contribution in [-0.4, -0.2) is 30.2 Å². The molecule has 1 amide bonds. The summed E-state index contributed by atoms with van der Waals surface area (Å²) in [5.74, 6) is 1.62. The molecule has 1 heterocycles. The predicted molar refractivity (Wildman–Crippen MR) is 100 cm³/mol. The summed E-state index contributed by atoms with van der Waals surface area (Å²) in [5.41, 5.74) is 1.99. The molecule has 0 saturated heterocycles. The molecule has 2 aromatic rings. The number of hydrogen-bond acceptors (Lipinski definition) is 4. The van der Waals surface area contributed by atoms with Gasteiger partial charge in [0.1, 0.15) is 0 Å². The summed E-state index contributed by atoms with van der Waals surface area (Å²) in [6.07, 6.45) is 4.79. The van der Waals surface area contributed by atoms with Crippen molar-refractivity contribution in [3.8, 4) is 11.5 Å². The Balaban J connectivity index is 1.44. The Morgan fingerprint density at radius 2 is 1.81 bits per heavy atom. The molecule has 0 radical (unpaired) electrons. The first-order chi connectivity index (χ1) is 12.8. The van der Waals surface area contributed by atoms with Crippen molar-refractivity contribution < 1.29 is 14.3 Å². The maximum absolute atomic E-state index is 12.6. The highest BCUT2D eigenvalue weighted by Crippen LogP contribution is 2.33. The van der Waals surface area contributed by atoms with Gasteiger partial charge in [0.25, 0.3) is 0 Å². The molecule has 4 rings (SSSR count). The lowest BCUT2D eigenvalue weighted by Crippen LogP contribution is -2.39. The van der Waals surface area contributed by atoms with Crippen LogP contribution in [0.25, 0.3) is 0 Å². The van der Waals surface area contributed by atoms with E-state index in [1.54, 1.807) is 0 Å². The van der Waals surface area contributed by atoms with Gasteiger partial charge in [0.2, 0.25) is 12.7 Å². The van der Waals surface area contributed by atoms with E-state index >= 15 is 0 Å². The van der Waals surface area contributed by atoms with Gasteiger partial charge in [-0.05, 0) is 42.7 Å². The number of rotatable bonds is 6. The van der Waals surface area contributed by atoms with Crippen LogP contribution >= 0.6 is 0 Å². The van der Waals surface area contributed by atoms with Gasteiger partial charge in [-0.3, -0.25) is 9.69 Å². The minimum Gasteiger partial charge on any atom is -0.454 e. The molecule has 26 heavy (non-hydrogen) atoms. The van der Waals surface area contributed by atoms with E-state index in [1.807, 2.05) is 42.5 Å². The van der Waals surface area contributed by atoms with Crippen molar-refractivity contribution in [2.45, 2.75) is 38.3 Å². The smallest absolute Gasteiger partial charge is 0.238 e. The fraction of sp³-hybridized carbons (Fsp3) is 0.381. The van der Waals surface area contributed by atoms with Crippen LogP contribution in [0.3, 0.4) is 0 Å². The highest BCUT2D eigenvalue weighted by Gasteiger charge is 2.25. The summed E-state index contributed by atoms with van der Waals surface area (Å²) < 4.78 is 10.9. The molecule has 1 aliphatic heterocycles. The molecule has 0 unspecified atom stereocenters. The van der Waals surface area contributed by atoms with Crippen molar-refractivity contribution in [2.75, 3.05) is 18.7 Å². The van der Waals surface area contributed by atoms with Gasteiger partial charge in [0.15, 0.2) is 11.5 Å². The Morgan fingerprint density at radius 3 is 2.62 bits per heavy atom. The minimum atomic E-state index is 0.0313. The number of carbonyl (C=O) groups is 1. The quantitative estimate of drug-likeness (QED) is 0.859. The molecule has 2 aliphatic rings. The largest absolute Gasteiger partial charge is 0.454 e. The summed E-state index contributed by atoms with van der Waals surface area (Å²) in [6.45, 7) is 1.42. The lowest BCUT2D eigenvalue weighted by atomic mass is 10.1. The summed E-state index contributed by atoms with van der Waals surface area (Å²) in [7, 11) is 0. The van der Waals surface area contributed by atoms with Gasteiger partial charge in [-0.25, -0.2) is 0 Å². The lowest BCUT2D eigenvalue weighted by molar-refractivity contribution is -0.118. The molecule has 5 heteroatoms. The molecular weight excluding hydrogens is 328 g/mol. The molecule has 136 valence electrons. The van der Waals surface area contributed by atoms with Crippen LogP contribution in [0.1, 0.15) is 31.2 Å². The Kier molecular flexibility index (Phi) is 5.07. The van der Waals surface area contributed by atoms with Crippen molar-refractivity contribution in [2.24, 2.45) is 0 Å². The summed E-state index contributed by atoms with van der Waals surface area (Å²) >= 11 is 0. The van der Waals surface area contributed by atoms with Crippen LogP contribution in [0, 0.1) is 0 Å². The fourth-order valence-electron chi connectivity index (χ4n) is 3.76. The maximum Gasteiger partial charge on any atom is 0.238 e. The fourth-order valence-corrected chi connectivity index (χ4v) is 3.76.